The van der Waals surface area contributed by atoms with Gasteiger partial charge in [-0.1, -0.05) is 11.6 Å². The Bertz CT molecular complexity index is 1260. The average molecular weight is 502 g/mol. The van der Waals surface area contributed by atoms with E-state index in [-0.39, 0.29) is 49.9 Å². The van der Waals surface area contributed by atoms with Gasteiger partial charge in [0.15, 0.2) is 0 Å². The molecule has 0 spiro atoms. The van der Waals surface area contributed by atoms with Crippen molar-refractivity contribution in [1.82, 2.24) is 0 Å². The van der Waals surface area contributed by atoms with Crippen LogP contribution in [0.25, 0.3) is 11.1 Å². The summed E-state index contributed by atoms with van der Waals surface area (Å²) in [6.07, 6.45) is 0. The summed E-state index contributed by atoms with van der Waals surface area (Å²) in [6.45, 7) is 0.175. The van der Waals surface area contributed by atoms with Gasteiger partial charge < -0.3 is 19.7 Å². The number of nitrogens with one attached hydrogen (secondary N) is 1. The highest BCUT2D eigenvalue weighted by Crippen LogP contribution is 2.42. The zero-order valence-electron chi connectivity index (χ0n) is 16.5. The maximum absolute atomic E-state index is 13.6. The SMILES string of the molecule is COCCOC(=O)c1ccc(NS(=O)(=O)c2cc(-c3cc(F)ccc3O)c(Cl)s2)cc1O. The molecule has 0 amide bonds. The highest BCUT2D eigenvalue weighted by molar-refractivity contribution is 7.94. The Labute approximate surface area is 191 Å². The molecule has 3 rings (SSSR count). The molecule has 0 aliphatic rings. The molecule has 3 aromatic rings. The molecule has 1 heterocycles. The number of sulfonamides is 1. The number of methoxy groups -OCH3 is 1. The normalized spacial score (nSPS) is 11.3. The number of carbonyl (C=O) groups is 1. The standard InChI is InChI=1S/C20H17ClFNO7S2/c1-29-6-7-30-20(26)13-4-3-12(9-17(13)25)23-32(27,28)18-10-15(19(21)31-18)14-8-11(22)2-5-16(14)24/h2-5,8-10,23-25H,6-7H2,1H3. The van der Waals surface area contributed by atoms with Crippen LogP contribution in [-0.2, 0) is 19.5 Å². The fraction of sp³-hybridized carbons (Fsp3) is 0.150. The summed E-state index contributed by atoms with van der Waals surface area (Å²) in [5, 5.41) is 20.1. The summed E-state index contributed by atoms with van der Waals surface area (Å²) in [5.41, 5.74) is 0.0235. The number of thiophene rings is 1. The van der Waals surface area contributed by atoms with E-state index in [1.54, 1.807) is 0 Å². The highest BCUT2D eigenvalue weighted by Gasteiger charge is 2.23. The first kappa shape index (κ1) is 23.8. The Kier molecular flexibility index (Phi) is 7.24. The van der Waals surface area contributed by atoms with E-state index in [9.17, 15) is 27.8 Å². The summed E-state index contributed by atoms with van der Waals surface area (Å²) in [6, 6.07) is 7.97. The molecule has 32 heavy (non-hydrogen) atoms. The van der Waals surface area contributed by atoms with Crippen molar-refractivity contribution in [1.29, 1.82) is 0 Å². The number of esters is 1. The van der Waals surface area contributed by atoms with Gasteiger partial charge in [0.2, 0.25) is 0 Å². The summed E-state index contributed by atoms with van der Waals surface area (Å²) in [5.74, 6) is -2.17. The number of hydrogen-bond acceptors (Lipinski definition) is 8. The van der Waals surface area contributed by atoms with Crippen molar-refractivity contribution >= 4 is 44.6 Å². The third-order valence-corrected chi connectivity index (χ3v) is 7.38. The predicted molar refractivity (Wildman–Crippen MR) is 117 cm³/mol. The number of phenols is 2. The Balaban J connectivity index is 1.83. The van der Waals surface area contributed by atoms with Crippen LogP contribution in [0, 0.1) is 5.82 Å². The average Bonchev–Trinajstić information content (AvgIpc) is 3.12. The zero-order valence-corrected chi connectivity index (χ0v) is 18.9. The molecule has 3 N–H and O–H groups in total. The van der Waals surface area contributed by atoms with Crippen molar-refractivity contribution in [3.8, 4) is 22.6 Å². The first-order valence-electron chi connectivity index (χ1n) is 8.92. The second-order valence-electron chi connectivity index (χ2n) is 6.38. The van der Waals surface area contributed by atoms with Crippen molar-refractivity contribution in [2.45, 2.75) is 4.21 Å². The van der Waals surface area contributed by atoms with Crippen LogP contribution in [-0.4, -0.2) is 44.9 Å². The van der Waals surface area contributed by atoms with Crippen LogP contribution in [0.15, 0.2) is 46.7 Å². The quantitative estimate of drug-likeness (QED) is 0.312. The monoisotopic (exact) mass is 501 g/mol. The van der Waals surface area contributed by atoms with Crippen molar-refractivity contribution in [2.24, 2.45) is 0 Å². The number of ether oxygens (including phenoxy) is 2. The molecule has 0 atom stereocenters. The fourth-order valence-electron chi connectivity index (χ4n) is 2.66. The van der Waals surface area contributed by atoms with Gasteiger partial charge in [-0.25, -0.2) is 17.6 Å². The van der Waals surface area contributed by atoms with Crippen LogP contribution < -0.4 is 4.72 Å². The Morgan fingerprint density at radius 2 is 1.84 bits per heavy atom. The maximum Gasteiger partial charge on any atom is 0.341 e. The molecule has 0 saturated carbocycles. The minimum Gasteiger partial charge on any atom is -0.507 e. The number of aromatic hydroxyl groups is 2. The summed E-state index contributed by atoms with van der Waals surface area (Å²) >= 11 is 6.84. The Morgan fingerprint density at radius 3 is 2.53 bits per heavy atom. The number of anilines is 1. The summed E-state index contributed by atoms with van der Waals surface area (Å²) in [7, 11) is -2.71. The molecule has 0 radical (unpaired) electrons. The minimum absolute atomic E-state index is 0.00844. The Morgan fingerprint density at radius 1 is 1.09 bits per heavy atom. The molecule has 12 heteroatoms. The van der Waals surface area contributed by atoms with Crippen LogP contribution in [0.4, 0.5) is 10.1 Å². The molecule has 8 nitrogen and oxygen atoms in total. The molecular weight excluding hydrogens is 485 g/mol. The lowest BCUT2D eigenvalue weighted by atomic mass is 10.1. The second kappa shape index (κ2) is 9.74. The van der Waals surface area contributed by atoms with Gasteiger partial charge >= 0.3 is 5.97 Å². The van der Waals surface area contributed by atoms with E-state index in [0.29, 0.717) is 11.3 Å². The molecule has 0 unspecified atom stereocenters. The fourth-order valence-corrected chi connectivity index (χ4v) is 5.46. The van der Waals surface area contributed by atoms with Gasteiger partial charge in [-0.05, 0) is 36.4 Å². The molecule has 0 saturated heterocycles. The Hall–Kier alpha value is -2.86. The summed E-state index contributed by atoms with van der Waals surface area (Å²) < 4.78 is 50.9. The molecule has 0 aliphatic carbocycles. The molecule has 0 fully saturated rings. The largest absolute Gasteiger partial charge is 0.507 e. The van der Waals surface area contributed by atoms with Gasteiger partial charge in [-0.2, -0.15) is 0 Å². The predicted octanol–water partition coefficient (Wildman–Crippen LogP) is 4.22. The third kappa shape index (κ3) is 5.30. The topological polar surface area (TPSA) is 122 Å². The van der Waals surface area contributed by atoms with Crippen LogP contribution in [0.3, 0.4) is 0 Å². The van der Waals surface area contributed by atoms with Crippen molar-refractivity contribution in [3.05, 3.63) is 58.2 Å². The van der Waals surface area contributed by atoms with Crippen LogP contribution >= 0.6 is 22.9 Å². The van der Waals surface area contributed by atoms with E-state index in [4.69, 9.17) is 21.1 Å². The lowest BCUT2D eigenvalue weighted by Crippen LogP contribution is -2.12. The number of phenolic OH excluding ortho intramolecular Hbond substituents is 2. The van der Waals surface area contributed by atoms with Crippen molar-refractivity contribution in [2.75, 3.05) is 25.0 Å². The minimum atomic E-state index is -4.15. The first-order chi connectivity index (χ1) is 15.1. The maximum atomic E-state index is 13.6. The van der Waals surface area contributed by atoms with E-state index >= 15 is 0 Å². The van der Waals surface area contributed by atoms with Crippen LogP contribution in [0.5, 0.6) is 11.5 Å². The van der Waals surface area contributed by atoms with Crippen LogP contribution in [0.2, 0.25) is 4.34 Å². The van der Waals surface area contributed by atoms with Gasteiger partial charge in [0.1, 0.15) is 38.0 Å². The van der Waals surface area contributed by atoms with E-state index in [1.165, 1.54) is 25.3 Å². The smallest absolute Gasteiger partial charge is 0.341 e. The third-order valence-electron chi connectivity index (χ3n) is 4.17. The lowest BCUT2D eigenvalue weighted by molar-refractivity contribution is 0.0385. The molecular formula is C20H17ClFNO7S2. The number of carbonyl (C=O) groups excluding carboxylic acids is 1. The van der Waals surface area contributed by atoms with Gasteiger partial charge in [-0.3, -0.25) is 4.72 Å². The van der Waals surface area contributed by atoms with E-state index in [1.807, 2.05) is 0 Å². The first-order valence-corrected chi connectivity index (χ1v) is 11.6. The van der Waals surface area contributed by atoms with Crippen molar-refractivity contribution < 1.29 is 37.3 Å². The number of halogens is 2. The molecule has 1 aromatic heterocycles. The molecule has 170 valence electrons. The van der Waals surface area contributed by atoms with E-state index in [2.05, 4.69) is 4.72 Å². The van der Waals surface area contributed by atoms with Gasteiger partial charge in [0.05, 0.1) is 12.3 Å². The molecule has 2 aromatic carbocycles. The zero-order chi connectivity index (χ0) is 23.5. The van der Waals surface area contributed by atoms with Gasteiger partial charge in [0.25, 0.3) is 10.0 Å². The second-order valence-corrected chi connectivity index (χ2v) is 9.94. The molecule has 0 bridgehead atoms. The highest BCUT2D eigenvalue weighted by atomic mass is 35.5. The van der Waals surface area contributed by atoms with E-state index < -0.39 is 27.6 Å². The van der Waals surface area contributed by atoms with Crippen LogP contribution in [0.1, 0.15) is 10.4 Å². The van der Waals surface area contributed by atoms with E-state index in [0.717, 1.165) is 24.3 Å². The number of hydrogen-bond donors (Lipinski definition) is 3. The number of benzene rings is 2. The molecule has 0 aliphatic heterocycles. The van der Waals surface area contributed by atoms with Gasteiger partial charge in [-0.15, -0.1) is 11.3 Å². The lowest BCUT2D eigenvalue weighted by Gasteiger charge is -2.09. The van der Waals surface area contributed by atoms with Gasteiger partial charge in [0, 0.05) is 24.3 Å². The number of rotatable bonds is 8. The summed E-state index contributed by atoms with van der Waals surface area (Å²) in [4.78, 5) is 11.9. The van der Waals surface area contributed by atoms with Crippen molar-refractivity contribution in [3.63, 3.8) is 0 Å².